The molecule has 1 N–H and O–H groups in total. The maximum Gasteiger partial charge on any atom is 0.0916 e. The molecular formula is C10H19N3O2. The number of rotatable bonds is 7. The third kappa shape index (κ3) is 3.99. The number of nitrogens with zero attached hydrogens (tertiary/aromatic N) is 2. The number of hydrogen-bond acceptors (Lipinski definition) is 4. The molecule has 1 aromatic rings. The normalized spacial score (nSPS) is 13.0. The maximum absolute atomic E-state index is 5.22. The summed E-state index contributed by atoms with van der Waals surface area (Å²) < 4.78 is 6.76. The zero-order chi connectivity index (χ0) is 11.1. The summed E-state index contributed by atoms with van der Waals surface area (Å²) in [6.07, 6.45) is 3.86. The zero-order valence-electron chi connectivity index (χ0n) is 9.56. The summed E-state index contributed by atoms with van der Waals surface area (Å²) in [6, 6.07) is 0.141. The molecule has 0 amide bonds. The summed E-state index contributed by atoms with van der Waals surface area (Å²) >= 11 is 0. The molecule has 1 atom stereocenters. The van der Waals surface area contributed by atoms with Crippen LogP contribution in [0.1, 0.15) is 25.5 Å². The van der Waals surface area contributed by atoms with Crippen LogP contribution in [0.2, 0.25) is 0 Å². The van der Waals surface area contributed by atoms with E-state index in [0.717, 1.165) is 12.1 Å². The van der Waals surface area contributed by atoms with E-state index in [2.05, 4.69) is 17.5 Å². The number of aryl methyl sites for hydroxylation is 1. The van der Waals surface area contributed by atoms with Crippen molar-refractivity contribution in [2.45, 2.75) is 26.4 Å². The van der Waals surface area contributed by atoms with Gasteiger partial charge in [0.15, 0.2) is 0 Å². The second-order valence-corrected chi connectivity index (χ2v) is 3.31. The van der Waals surface area contributed by atoms with Crippen molar-refractivity contribution in [3.63, 3.8) is 0 Å². The Labute approximate surface area is 90.3 Å². The van der Waals surface area contributed by atoms with Crippen LogP contribution in [-0.2, 0) is 16.1 Å². The highest BCUT2D eigenvalue weighted by atomic mass is 16.7. The van der Waals surface area contributed by atoms with Crippen molar-refractivity contribution < 1.29 is 9.57 Å². The van der Waals surface area contributed by atoms with Crippen molar-refractivity contribution in [2.24, 2.45) is 0 Å². The Kier molecular flexibility index (Phi) is 5.31. The second-order valence-electron chi connectivity index (χ2n) is 3.31. The number of nitrogens with one attached hydrogen (secondary N) is 1. The predicted molar refractivity (Wildman–Crippen MR) is 57.3 cm³/mol. The third-order valence-corrected chi connectivity index (χ3v) is 2.13. The van der Waals surface area contributed by atoms with Gasteiger partial charge in [-0.1, -0.05) is 0 Å². The SMILES string of the molecule is CCn1cc(C(C)NOCCOC)cn1. The Morgan fingerprint density at radius 1 is 1.53 bits per heavy atom. The lowest BCUT2D eigenvalue weighted by atomic mass is 10.2. The van der Waals surface area contributed by atoms with Gasteiger partial charge < -0.3 is 4.74 Å². The van der Waals surface area contributed by atoms with Gasteiger partial charge in [0.05, 0.1) is 25.5 Å². The Bertz CT molecular complexity index is 275. The minimum absolute atomic E-state index is 0.141. The molecule has 5 heteroatoms. The monoisotopic (exact) mass is 213 g/mol. The molecule has 5 nitrogen and oxygen atoms in total. The number of methoxy groups -OCH3 is 1. The lowest BCUT2D eigenvalue weighted by Gasteiger charge is -2.11. The lowest BCUT2D eigenvalue weighted by molar-refractivity contribution is -0.00926. The van der Waals surface area contributed by atoms with Crippen LogP contribution in [0, 0.1) is 0 Å². The van der Waals surface area contributed by atoms with Crippen LogP contribution in [0.5, 0.6) is 0 Å². The van der Waals surface area contributed by atoms with Crippen molar-refractivity contribution >= 4 is 0 Å². The smallest absolute Gasteiger partial charge is 0.0916 e. The van der Waals surface area contributed by atoms with E-state index in [9.17, 15) is 0 Å². The predicted octanol–water partition coefficient (Wildman–Crippen LogP) is 1.13. The number of hydroxylamine groups is 1. The molecule has 0 radical (unpaired) electrons. The largest absolute Gasteiger partial charge is 0.382 e. The molecule has 0 aromatic carbocycles. The van der Waals surface area contributed by atoms with Gasteiger partial charge in [-0.3, -0.25) is 9.52 Å². The van der Waals surface area contributed by atoms with Crippen molar-refractivity contribution in [1.82, 2.24) is 15.3 Å². The summed E-state index contributed by atoms with van der Waals surface area (Å²) in [5, 5.41) is 4.20. The molecule has 0 saturated carbocycles. The zero-order valence-corrected chi connectivity index (χ0v) is 9.56. The summed E-state index contributed by atoms with van der Waals surface area (Å²) in [5.41, 5.74) is 4.06. The van der Waals surface area contributed by atoms with E-state index in [4.69, 9.17) is 9.57 Å². The quantitative estimate of drug-likeness (QED) is 0.545. The van der Waals surface area contributed by atoms with E-state index >= 15 is 0 Å². The Morgan fingerprint density at radius 2 is 2.33 bits per heavy atom. The minimum atomic E-state index is 0.141. The highest BCUT2D eigenvalue weighted by Gasteiger charge is 2.06. The summed E-state index contributed by atoms with van der Waals surface area (Å²) in [6.45, 7) is 6.11. The number of ether oxygens (including phenoxy) is 1. The van der Waals surface area contributed by atoms with Gasteiger partial charge in [0, 0.05) is 25.4 Å². The number of hydrogen-bond donors (Lipinski definition) is 1. The van der Waals surface area contributed by atoms with Gasteiger partial charge in [0.25, 0.3) is 0 Å². The van der Waals surface area contributed by atoms with Crippen molar-refractivity contribution in [3.05, 3.63) is 18.0 Å². The van der Waals surface area contributed by atoms with Crippen LogP contribution >= 0.6 is 0 Å². The Balaban J connectivity index is 2.29. The Morgan fingerprint density at radius 3 is 2.93 bits per heavy atom. The average Bonchev–Trinajstić information content (AvgIpc) is 2.72. The molecule has 0 aliphatic carbocycles. The van der Waals surface area contributed by atoms with Crippen molar-refractivity contribution in [1.29, 1.82) is 0 Å². The van der Waals surface area contributed by atoms with E-state index < -0.39 is 0 Å². The molecule has 0 spiro atoms. The fourth-order valence-corrected chi connectivity index (χ4v) is 1.15. The number of aromatic nitrogens is 2. The average molecular weight is 213 g/mol. The molecule has 0 aliphatic rings. The molecule has 0 saturated heterocycles. The van der Waals surface area contributed by atoms with Crippen molar-refractivity contribution in [2.75, 3.05) is 20.3 Å². The Hall–Kier alpha value is -0.910. The van der Waals surface area contributed by atoms with Crippen LogP contribution in [0.15, 0.2) is 12.4 Å². The first-order valence-corrected chi connectivity index (χ1v) is 5.16. The summed E-state index contributed by atoms with van der Waals surface area (Å²) in [4.78, 5) is 5.22. The molecule has 1 rings (SSSR count). The standard InChI is InChI=1S/C10H19N3O2/c1-4-13-8-10(7-11-13)9(2)12-15-6-5-14-3/h7-9,12H,4-6H2,1-3H3. The molecule has 0 aliphatic heterocycles. The highest BCUT2D eigenvalue weighted by molar-refractivity contribution is 5.08. The van der Waals surface area contributed by atoms with Gasteiger partial charge in [0.2, 0.25) is 0 Å². The molecule has 1 heterocycles. The van der Waals surface area contributed by atoms with E-state index in [1.807, 2.05) is 24.0 Å². The van der Waals surface area contributed by atoms with Gasteiger partial charge in [-0.2, -0.15) is 10.6 Å². The molecule has 15 heavy (non-hydrogen) atoms. The maximum atomic E-state index is 5.22. The van der Waals surface area contributed by atoms with Crippen LogP contribution in [0.4, 0.5) is 0 Å². The van der Waals surface area contributed by atoms with Crippen LogP contribution in [-0.4, -0.2) is 30.1 Å². The highest BCUT2D eigenvalue weighted by Crippen LogP contribution is 2.10. The molecule has 1 unspecified atom stereocenters. The van der Waals surface area contributed by atoms with E-state index in [-0.39, 0.29) is 6.04 Å². The van der Waals surface area contributed by atoms with E-state index in [1.54, 1.807) is 7.11 Å². The molecule has 0 bridgehead atoms. The van der Waals surface area contributed by atoms with Gasteiger partial charge >= 0.3 is 0 Å². The van der Waals surface area contributed by atoms with Crippen LogP contribution in [0.25, 0.3) is 0 Å². The first kappa shape index (κ1) is 12.2. The van der Waals surface area contributed by atoms with Gasteiger partial charge in [-0.25, -0.2) is 0 Å². The van der Waals surface area contributed by atoms with Gasteiger partial charge in [-0.05, 0) is 13.8 Å². The fourth-order valence-electron chi connectivity index (χ4n) is 1.15. The van der Waals surface area contributed by atoms with Gasteiger partial charge in [-0.15, -0.1) is 0 Å². The van der Waals surface area contributed by atoms with Crippen LogP contribution < -0.4 is 5.48 Å². The van der Waals surface area contributed by atoms with E-state index in [0.29, 0.717) is 13.2 Å². The van der Waals surface area contributed by atoms with E-state index in [1.165, 1.54) is 0 Å². The molecule has 1 aromatic heterocycles. The summed E-state index contributed by atoms with van der Waals surface area (Å²) in [5.74, 6) is 0. The van der Waals surface area contributed by atoms with Crippen molar-refractivity contribution in [3.8, 4) is 0 Å². The van der Waals surface area contributed by atoms with Crippen LogP contribution in [0.3, 0.4) is 0 Å². The molecular weight excluding hydrogens is 194 g/mol. The first-order valence-electron chi connectivity index (χ1n) is 5.16. The molecule has 86 valence electrons. The third-order valence-electron chi connectivity index (χ3n) is 2.13. The fraction of sp³-hybridized carbons (Fsp3) is 0.700. The van der Waals surface area contributed by atoms with Gasteiger partial charge in [0.1, 0.15) is 0 Å². The topological polar surface area (TPSA) is 48.3 Å². The molecule has 0 fully saturated rings. The second kappa shape index (κ2) is 6.55. The first-order chi connectivity index (χ1) is 7.27. The lowest BCUT2D eigenvalue weighted by Crippen LogP contribution is -2.21. The minimum Gasteiger partial charge on any atom is -0.382 e. The summed E-state index contributed by atoms with van der Waals surface area (Å²) in [7, 11) is 1.65.